The van der Waals surface area contributed by atoms with E-state index in [1.54, 1.807) is 109 Å². The van der Waals surface area contributed by atoms with E-state index in [2.05, 4.69) is 4.72 Å². The monoisotopic (exact) mass is 1150 g/mol. The predicted octanol–water partition coefficient (Wildman–Crippen LogP) is 9.94. The number of hydrogen-bond donors (Lipinski definition) is 2. The van der Waals surface area contributed by atoms with Gasteiger partial charge in [0.15, 0.2) is 0 Å². The van der Waals surface area contributed by atoms with E-state index in [0.717, 1.165) is 27.9 Å². The van der Waals surface area contributed by atoms with Crippen molar-refractivity contribution >= 4 is 98.1 Å². The number of hydrogen-bond acceptors (Lipinski definition) is 13. The first-order chi connectivity index (χ1) is 38.9. The molecule has 21 heteroatoms. The number of anilines is 4. The molecule has 10 rings (SSSR count). The van der Waals surface area contributed by atoms with Gasteiger partial charge in [0.1, 0.15) is 26.4 Å². The number of benzene rings is 8. The molecule has 2 aliphatic rings. The van der Waals surface area contributed by atoms with Gasteiger partial charge < -0.3 is 34.5 Å². The van der Waals surface area contributed by atoms with Crippen LogP contribution in [0.5, 0.6) is 0 Å². The average Bonchev–Trinajstić information content (AvgIpc) is 3.65. The zero-order valence-corrected chi connectivity index (χ0v) is 46.7. The van der Waals surface area contributed by atoms with Gasteiger partial charge in [-0.15, -0.1) is 0 Å². The number of halogens is 1. The quantitative estimate of drug-likeness (QED) is 0.0765. The molecule has 8 aromatic rings. The maximum atomic E-state index is 13.5. The molecule has 2 saturated heterocycles. The Labute approximate surface area is 474 Å². The lowest BCUT2D eigenvalue weighted by Gasteiger charge is -2.26. The average molecular weight is 1160 g/mol. The Morgan fingerprint density at radius 2 is 0.938 bits per heavy atom. The molecule has 0 atom stereocenters. The molecule has 8 aromatic carbocycles. The summed E-state index contributed by atoms with van der Waals surface area (Å²) in [6, 6.07) is 53.1. The number of ether oxygens (including phenoxy) is 4. The normalized spacial score (nSPS) is 13.5. The van der Waals surface area contributed by atoms with Crippen LogP contribution in [0, 0.1) is 0 Å². The van der Waals surface area contributed by atoms with E-state index < -0.39 is 31.3 Å². The second kappa shape index (κ2) is 27.1. The Balaban J connectivity index is 0.000000178. The van der Waals surface area contributed by atoms with E-state index in [-0.39, 0.29) is 48.0 Å². The number of amides is 4. The molecule has 0 spiro atoms. The number of carbonyl (C=O) groups is 4. The van der Waals surface area contributed by atoms with Crippen LogP contribution in [-0.4, -0.2) is 104 Å². The number of sulfonamides is 1. The largest absolute Gasteiger partial charge is 0.444 e. The van der Waals surface area contributed by atoms with Crippen LogP contribution in [0.4, 0.5) is 32.3 Å². The van der Waals surface area contributed by atoms with Gasteiger partial charge in [-0.2, -0.15) is 0 Å². The van der Waals surface area contributed by atoms with Crippen molar-refractivity contribution in [3.8, 4) is 0 Å². The maximum absolute atomic E-state index is 13.5. The highest BCUT2D eigenvalue weighted by Gasteiger charge is 2.24. The number of nitrogens with one attached hydrogen (secondary N) is 1. The molecule has 0 radical (unpaired) electrons. The molecule has 0 aromatic heterocycles. The van der Waals surface area contributed by atoms with E-state index >= 15 is 0 Å². The Bertz CT molecular complexity index is 3730. The van der Waals surface area contributed by atoms with Crippen molar-refractivity contribution in [2.24, 2.45) is 0 Å². The summed E-state index contributed by atoms with van der Waals surface area (Å²) in [6.45, 7) is 3.95. The van der Waals surface area contributed by atoms with Gasteiger partial charge in [0, 0.05) is 83.9 Å². The number of carbonyl (C=O) groups excluding carboxylic acids is 4. The van der Waals surface area contributed by atoms with Crippen LogP contribution < -0.4 is 20.3 Å². The molecule has 0 saturated carbocycles. The van der Waals surface area contributed by atoms with Gasteiger partial charge in [-0.25, -0.2) is 26.4 Å². The van der Waals surface area contributed by atoms with E-state index in [9.17, 15) is 36.0 Å². The first kappa shape index (κ1) is 58.6. The lowest BCUT2D eigenvalue weighted by atomic mass is 10.1. The summed E-state index contributed by atoms with van der Waals surface area (Å²) in [6.07, 6.45) is -1.10. The summed E-state index contributed by atoms with van der Waals surface area (Å²) in [7, 11) is 0.816. The Morgan fingerprint density at radius 1 is 0.531 bits per heavy atom. The van der Waals surface area contributed by atoms with Crippen molar-refractivity contribution in [1.29, 1.82) is 0 Å². The Morgan fingerprint density at radius 3 is 1.38 bits per heavy atom. The van der Waals surface area contributed by atoms with Gasteiger partial charge in [-0.05, 0) is 70.8 Å². The summed E-state index contributed by atoms with van der Waals surface area (Å²) < 4.78 is 74.1. The van der Waals surface area contributed by atoms with E-state index in [0.29, 0.717) is 78.0 Å². The molecule has 2 fully saturated rings. The summed E-state index contributed by atoms with van der Waals surface area (Å²) in [4.78, 5) is 54.9. The van der Waals surface area contributed by atoms with Crippen molar-refractivity contribution in [2.75, 3.05) is 73.9 Å². The van der Waals surface area contributed by atoms with Crippen LogP contribution in [0.1, 0.15) is 22.3 Å². The van der Waals surface area contributed by atoms with Crippen LogP contribution in [-0.2, 0) is 73.9 Å². The van der Waals surface area contributed by atoms with E-state index in [1.165, 1.54) is 21.9 Å². The highest BCUT2D eigenvalue weighted by atomic mass is 35.7. The van der Waals surface area contributed by atoms with E-state index in [4.69, 9.17) is 35.4 Å². The van der Waals surface area contributed by atoms with Crippen molar-refractivity contribution < 1.29 is 55.0 Å². The number of nitrogens with zero attached hydrogens (tertiary/aromatic N) is 4. The molecule has 4 amide bonds. The molecule has 2 heterocycles. The molecule has 0 unspecified atom stereocenters. The summed E-state index contributed by atoms with van der Waals surface area (Å²) in [5.74, 6) is -0.0143. The van der Waals surface area contributed by atoms with Gasteiger partial charge in [0.2, 0.25) is 11.8 Å². The molecule has 81 heavy (non-hydrogen) atoms. The topological polar surface area (TPSA) is 224 Å². The van der Waals surface area contributed by atoms with E-state index in [1.807, 2.05) is 84.9 Å². The highest BCUT2D eigenvalue weighted by Crippen LogP contribution is 2.34. The second-order valence-electron chi connectivity index (χ2n) is 18.7. The van der Waals surface area contributed by atoms with Crippen LogP contribution >= 0.6 is 10.7 Å². The lowest BCUT2D eigenvalue weighted by Crippen LogP contribution is -2.40. The summed E-state index contributed by atoms with van der Waals surface area (Å²) >= 11 is 0. The minimum atomic E-state index is -3.96. The molecular formula is C60H59ClN6O12S2. The Hall–Kier alpha value is -8.53. The molecular weight excluding hydrogens is 1100 g/mol. The molecule has 0 bridgehead atoms. The van der Waals surface area contributed by atoms with Gasteiger partial charge >= 0.3 is 12.2 Å². The predicted molar refractivity (Wildman–Crippen MR) is 312 cm³/mol. The number of morpholine rings is 2. The fourth-order valence-electron chi connectivity index (χ4n) is 8.78. The standard InChI is InChI=1S/C30H29N3O6S.C19H16ClNO4S.C11H14N2O2/c1-32(30(35)39-20-23-7-3-2-4-8-23)27-11-5-10-26-25(27)9-6-12-28(26)40(36,37)31-24-15-13-22(14-16-24)19-33-17-18-38-21-29(33)34;1-21(19(22)25-13-14-7-3-2-4-8-14)17-11-5-10-16-15(17)9-6-12-18(16)26(20,23)24;12-10-3-1-9(2-4-10)7-13-5-6-15-8-11(13)14/h2-16,31H,17-21H2,1H3;2-12H,13H2,1H3;1-4H,5-8,12H2. The number of rotatable bonds is 14. The van der Waals surface area contributed by atoms with Crippen LogP contribution in [0.25, 0.3) is 21.5 Å². The van der Waals surface area contributed by atoms with Crippen molar-refractivity contribution in [1.82, 2.24) is 9.80 Å². The fourth-order valence-corrected chi connectivity index (χ4v) is 11.1. The molecule has 2 aliphatic heterocycles. The third-order valence-corrected chi connectivity index (χ3v) is 15.9. The third-order valence-electron chi connectivity index (χ3n) is 13.1. The number of fused-ring (bicyclic) bond motifs is 2. The first-order valence-electron chi connectivity index (χ1n) is 25.5. The van der Waals surface area contributed by atoms with Crippen LogP contribution in [0.3, 0.4) is 0 Å². The zero-order valence-electron chi connectivity index (χ0n) is 44.4. The van der Waals surface area contributed by atoms with Crippen molar-refractivity contribution in [3.63, 3.8) is 0 Å². The molecule has 0 aliphatic carbocycles. The van der Waals surface area contributed by atoms with Crippen LogP contribution in [0.15, 0.2) is 192 Å². The summed E-state index contributed by atoms with van der Waals surface area (Å²) in [5.41, 5.74) is 11.5. The second-order valence-corrected chi connectivity index (χ2v) is 22.9. The van der Waals surface area contributed by atoms with Gasteiger partial charge in [0.05, 0.1) is 34.4 Å². The Kier molecular flexibility index (Phi) is 19.6. The van der Waals surface area contributed by atoms with Crippen molar-refractivity contribution in [3.05, 3.63) is 204 Å². The fraction of sp³-hybridized carbons (Fsp3) is 0.200. The smallest absolute Gasteiger partial charge is 0.414 e. The van der Waals surface area contributed by atoms with Gasteiger partial charge in [-0.1, -0.05) is 133 Å². The SMILES string of the molecule is CN(C(=O)OCc1ccccc1)c1cccc2c(S(=O)(=O)Cl)cccc12.CN(C(=O)OCc1ccccc1)c1cccc2c(S(=O)(=O)Nc3ccc(CN4CCOCC4=O)cc3)cccc12.Nc1ccc(CN2CCOCC2=O)cc1. The minimum absolute atomic E-state index is 0.00423. The number of nitrogen functional groups attached to an aromatic ring is 1. The zero-order chi connectivity index (χ0) is 57.5. The lowest BCUT2D eigenvalue weighted by molar-refractivity contribution is -0.144. The molecule has 18 nitrogen and oxygen atoms in total. The first-order valence-corrected chi connectivity index (χ1v) is 29.3. The summed E-state index contributed by atoms with van der Waals surface area (Å²) in [5, 5.41) is 2.10. The van der Waals surface area contributed by atoms with Crippen molar-refractivity contribution in [2.45, 2.75) is 36.1 Å². The van der Waals surface area contributed by atoms with Crippen LogP contribution in [0.2, 0.25) is 0 Å². The highest BCUT2D eigenvalue weighted by molar-refractivity contribution is 8.14. The van der Waals surface area contributed by atoms with Gasteiger partial charge in [-0.3, -0.25) is 24.1 Å². The van der Waals surface area contributed by atoms with Gasteiger partial charge in [0.25, 0.3) is 19.1 Å². The maximum Gasteiger partial charge on any atom is 0.414 e. The molecule has 3 N–H and O–H groups in total. The molecule has 420 valence electrons. The number of nitrogens with two attached hydrogens (primary N) is 1. The third kappa shape index (κ3) is 15.6. The minimum Gasteiger partial charge on any atom is -0.444 e.